The van der Waals surface area contributed by atoms with Crippen molar-refractivity contribution >= 4 is 29.1 Å². The molecule has 0 N–H and O–H groups in total. The van der Waals surface area contributed by atoms with Crippen LogP contribution in [0.25, 0.3) is 0 Å². The van der Waals surface area contributed by atoms with E-state index in [-0.39, 0.29) is 12.6 Å². The van der Waals surface area contributed by atoms with E-state index in [0.29, 0.717) is 40.3 Å². The van der Waals surface area contributed by atoms with Gasteiger partial charge in [0.05, 0.1) is 11.6 Å². The van der Waals surface area contributed by atoms with Crippen molar-refractivity contribution in [2.75, 3.05) is 7.05 Å². The van der Waals surface area contributed by atoms with E-state index in [2.05, 4.69) is 10.2 Å². The number of carbonyl (C=O) groups excluding carboxylic acids is 1. The third kappa shape index (κ3) is 4.61. The first-order valence-corrected chi connectivity index (χ1v) is 9.11. The number of hydrogen-bond acceptors (Lipinski definition) is 4. The lowest BCUT2D eigenvalue weighted by atomic mass is 10.3. The molecular formula is C18H19Cl2N5O2. The zero-order valence-electron chi connectivity index (χ0n) is 15.0. The highest BCUT2D eigenvalue weighted by molar-refractivity contribution is 6.31. The van der Waals surface area contributed by atoms with Crippen molar-refractivity contribution in [3.63, 3.8) is 0 Å². The molecule has 7 nitrogen and oxygen atoms in total. The first-order chi connectivity index (χ1) is 13.0. The van der Waals surface area contributed by atoms with Gasteiger partial charge in [-0.3, -0.25) is 9.48 Å². The summed E-state index contributed by atoms with van der Waals surface area (Å²) in [7, 11) is 1.70. The van der Waals surface area contributed by atoms with Crippen LogP contribution in [0.3, 0.4) is 0 Å². The van der Waals surface area contributed by atoms with E-state index in [1.165, 1.54) is 4.68 Å². The Morgan fingerprint density at radius 3 is 2.63 bits per heavy atom. The fraction of sp³-hybridized carbons (Fsp3) is 0.278. The summed E-state index contributed by atoms with van der Waals surface area (Å²) in [4.78, 5) is 14.3. The molecule has 0 saturated carbocycles. The van der Waals surface area contributed by atoms with Crippen molar-refractivity contribution in [2.45, 2.75) is 26.7 Å². The van der Waals surface area contributed by atoms with Gasteiger partial charge in [0, 0.05) is 31.0 Å². The van der Waals surface area contributed by atoms with Crippen LogP contribution in [0.2, 0.25) is 10.0 Å². The summed E-state index contributed by atoms with van der Waals surface area (Å²) in [5.74, 6) is 0.438. The van der Waals surface area contributed by atoms with E-state index in [4.69, 9.17) is 27.9 Å². The lowest BCUT2D eigenvalue weighted by molar-refractivity contribution is 0.0760. The summed E-state index contributed by atoms with van der Waals surface area (Å²) in [5.41, 5.74) is 1.07. The maximum atomic E-state index is 12.8. The molecule has 0 unspecified atom stereocenters. The quantitative estimate of drug-likeness (QED) is 0.598. The topological polar surface area (TPSA) is 65.2 Å². The Bertz CT molecular complexity index is 920. The minimum Gasteiger partial charge on any atom is -0.471 e. The zero-order valence-corrected chi connectivity index (χ0v) is 16.5. The van der Waals surface area contributed by atoms with Gasteiger partial charge >= 0.3 is 0 Å². The van der Waals surface area contributed by atoms with Crippen LogP contribution in [-0.4, -0.2) is 37.4 Å². The van der Waals surface area contributed by atoms with Gasteiger partial charge in [0.1, 0.15) is 17.1 Å². The van der Waals surface area contributed by atoms with E-state index in [0.717, 1.165) is 0 Å². The van der Waals surface area contributed by atoms with Gasteiger partial charge in [0.15, 0.2) is 6.73 Å². The fourth-order valence-corrected chi connectivity index (χ4v) is 2.82. The number of hydrogen-bond donors (Lipinski definition) is 0. The van der Waals surface area contributed by atoms with Gasteiger partial charge < -0.3 is 9.64 Å². The summed E-state index contributed by atoms with van der Waals surface area (Å²) in [6.45, 7) is 3.09. The number of aryl methyl sites for hydroxylation is 1. The Kier molecular flexibility index (Phi) is 6.03. The van der Waals surface area contributed by atoms with Gasteiger partial charge in [-0.25, -0.2) is 4.68 Å². The second-order valence-corrected chi connectivity index (χ2v) is 6.73. The number of halogens is 2. The number of ether oxygens (including phenoxy) is 1. The molecule has 27 heavy (non-hydrogen) atoms. The number of amides is 1. The Morgan fingerprint density at radius 1 is 1.22 bits per heavy atom. The first kappa shape index (κ1) is 19.3. The van der Waals surface area contributed by atoms with Crippen LogP contribution in [-0.2, 0) is 19.8 Å². The first-order valence-electron chi connectivity index (χ1n) is 8.35. The van der Waals surface area contributed by atoms with Crippen LogP contribution in [0, 0.1) is 0 Å². The molecule has 0 saturated heterocycles. The van der Waals surface area contributed by atoms with Crippen molar-refractivity contribution in [1.82, 2.24) is 24.5 Å². The normalized spacial score (nSPS) is 10.8. The molecule has 1 aromatic carbocycles. The highest BCUT2D eigenvalue weighted by atomic mass is 35.5. The Labute approximate surface area is 167 Å². The van der Waals surface area contributed by atoms with Crippen molar-refractivity contribution in [3.8, 4) is 5.75 Å². The van der Waals surface area contributed by atoms with Gasteiger partial charge in [-0.05, 0) is 37.3 Å². The average molecular weight is 408 g/mol. The molecule has 0 radical (unpaired) electrons. The second-order valence-electron chi connectivity index (χ2n) is 5.88. The predicted molar refractivity (Wildman–Crippen MR) is 103 cm³/mol. The third-order valence-corrected chi connectivity index (χ3v) is 4.52. The smallest absolute Gasteiger partial charge is 0.272 e. The molecule has 142 valence electrons. The maximum Gasteiger partial charge on any atom is 0.272 e. The summed E-state index contributed by atoms with van der Waals surface area (Å²) < 4.78 is 8.90. The molecule has 1 amide bonds. The van der Waals surface area contributed by atoms with Gasteiger partial charge in [0.2, 0.25) is 0 Å². The third-order valence-electron chi connectivity index (χ3n) is 3.95. The summed E-state index contributed by atoms with van der Waals surface area (Å²) in [5, 5.41) is 9.70. The molecule has 0 bridgehead atoms. The van der Waals surface area contributed by atoms with E-state index in [9.17, 15) is 4.79 Å². The molecule has 0 spiro atoms. The van der Waals surface area contributed by atoms with Crippen LogP contribution in [0.4, 0.5) is 0 Å². The van der Waals surface area contributed by atoms with Crippen molar-refractivity contribution in [3.05, 3.63) is 64.2 Å². The largest absolute Gasteiger partial charge is 0.471 e. The Hall–Kier alpha value is -2.51. The van der Waals surface area contributed by atoms with Crippen LogP contribution >= 0.6 is 23.2 Å². The summed E-state index contributed by atoms with van der Waals surface area (Å²) >= 11 is 12.1. The summed E-state index contributed by atoms with van der Waals surface area (Å²) in [6, 6.07) is 8.63. The van der Waals surface area contributed by atoms with Gasteiger partial charge in [-0.1, -0.05) is 23.2 Å². The zero-order chi connectivity index (χ0) is 19.4. The van der Waals surface area contributed by atoms with Crippen LogP contribution in [0.1, 0.15) is 23.1 Å². The minimum atomic E-state index is -0.200. The molecule has 2 aromatic heterocycles. The molecule has 0 aliphatic rings. The minimum absolute atomic E-state index is 0.106. The number of rotatable bonds is 7. The van der Waals surface area contributed by atoms with E-state index in [1.807, 2.05) is 6.92 Å². The van der Waals surface area contributed by atoms with Crippen molar-refractivity contribution in [2.24, 2.45) is 0 Å². The molecule has 3 aromatic rings. The van der Waals surface area contributed by atoms with E-state index < -0.39 is 0 Å². The molecule has 0 atom stereocenters. The maximum absolute atomic E-state index is 12.8. The number of carbonyl (C=O) groups is 1. The standard InChI is InChI=1S/C18H19Cl2N5O2/c1-3-24-10-15(20)16(22-24)11-23(2)18(26)17-8-9-21-25(17)12-27-14-6-4-13(19)5-7-14/h4-10H,3,11-12H2,1-2H3. The molecule has 0 aliphatic heterocycles. The number of aromatic nitrogens is 4. The molecular weight excluding hydrogens is 389 g/mol. The highest BCUT2D eigenvalue weighted by Gasteiger charge is 2.19. The molecule has 3 rings (SSSR count). The van der Waals surface area contributed by atoms with Gasteiger partial charge in [-0.2, -0.15) is 10.2 Å². The molecule has 0 fully saturated rings. The Balaban J connectivity index is 1.67. The Morgan fingerprint density at radius 2 is 1.96 bits per heavy atom. The second kappa shape index (κ2) is 8.45. The average Bonchev–Trinajstić information content (AvgIpc) is 3.27. The van der Waals surface area contributed by atoms with Crippen LogP contribution in [0.15, 0.2) is 42.7 Å². The molecule has 2 heterocycles. The summed E-state index contributed by atoms with van der Waals surface area (Å²) in [6.07, 6.45) is 3.31. The van der Waals surface area contributed by atoms with Gasteiger partial charge in [-0.15, -0.1) is 0 Å². The lowest BCUT2D eigenvalue weighted by Gasteiger charge is -2.17. The van der Waals surface area contributed by atoms with Crippen LogP contribution in [0.5, 0.6) is 5.75 Å². The predicted octanol–water partition coefficient (Wildman–Crippen LogP) is 3.72. The number of nitrogens with zero attached hydrogens (tertiary/aromatic N) is 5. The highest BCUT2D eigenvalue weighted by Crippen LogP contribution is 2.18. The molecule has 9 heteroatoms. The van der Waals surface area contributed by atoms with Crippen LogP contribution < -0.4 is 4.74 Å². The fourth-order valence-electron chi connectivity index (χ4n) is 2.48. The molecule has 0 aliphatic carbocycles. The number of benzene rings is 1. The van der Waals surface area contributed by atoms with Crippen molar-refractivity contribution in [1.29, 1.82) is 0 Å². The van der Waals surface area contributed by atoms with Gasteiger partial charge in [0.25, 0.3) is 5.91 Å². The van der Waals surface area contributed by atoms with E-state index in [1.54, 1.807) is 59.4 Å². The monoisotopic (exact) mass is 407 g/mol. The van der Waals surface area contributed by atoms with Crippen molar-refractivity contribution < 1.29 is 9.53 Å². The lowest BCUT2D eigenvalue weighted by Crippen LogP contribution is -2.29. The SMILES string of the molecule is CCn1cc(Cl)c(CN(C)C(=O)c2ccnn2COc2ccc(Cl)cc2)n1. The van der Waals surface area contributed by atoms with E-state index >= 15 is 0 Å².